The minimum absolute atomic E-state index is 0.190. The number of carbonyl (C=O) groups excluding carboxylic acids is 1. The first-order valence-corrected chi connectivity index (χ1v) is 5.57. The van der Waals surface area contributed by atoms with Crippen LogP contribution in [0.5, 0.6) is 0 Å². The number of nitrogens with one attached hydrogen (secondary N) is 1. The van der Waals surface area contributed by atoms with Crippen LogP contribution in [0.15, 0.2) is 42.6 Å². The van der Waals surface area contributed by atoms with Gasteiger partial charge in [-0.2, -0.15) is 13.2 Å². The molecule has 0 bridgehead atoms. The summed E-state index contributed by atoms with van der Waals surface area (Å²) in [6, 6.07) is 7.43. The minimum atomic E-state index is -4.40. The zero-order valence-corrected chi connectivity index (χ0v) is 10.1. The second-order valence-electron chi connectivity index (χ2n) is 3.95. The van der Waals surface area contributed by atoms with Crippen LogP contribution >= 0.6 is 0 Å². The molecule has 0 unspecified atom stereocenters. The molecule has 0 spiro atoms. The van der Waals surface area contributed by atoms with Gasteiger partial charge in [0.2, 0.25) is 0 Å². The molecule has 0 aliphatic heterocycles. The molecule has 0 fully saturated rings. The zero-order chi connectivity index (χ0) is 14.8. The monoisotopic (exact) mass is 281 g/mol. The fourth-order valence-electron chi connectivity index (χ4n) is 1.71. The summed E-state index contributed by atoms with van der Waals surface area (Å²) in [6.45, 7) is 0. The van der Waals surface area contributed by atoms with Gasteiger partial charge in [0, 0.05) is 11.8 Å². The molecule has 0 aliphatic carbocycles. The molecule has 3 N–H and O–H groups in total. The lowest BCUT2D eigenvalue weighted by atomic mass is 10.0. The van der Waals surface area contributed by atoms with Gasteiger partial charge in [-0.3, -0.25) is 15.2 Å². The molecule has 1 aromatic carbocycles. The number of nitrogens with two attached hydrogens (primary N) is 1. The van der Waals surface area contributed by atoms with Gasteiger partial charge in [-0.1, -0.05) is 12.1 Å². The summed E-state index contributed by atoms with van der Waals surface area (Å²) in [5, 5.41) is 0. The molecule has 0 aliphatic rings. The van der Waals surface area contributed by atoms with Gasteiger partial charge < -0.3 is 0 Å². The van der Waals surface area contributed by atoms with Gasteiger partial charge in [0.05, 0.1) is 16.8 Å². The number of nitrogens with zero attached hydrogens (tertiary/aromatic N) is 1. The molecule has 7 heteroatoms. The highest BCUT2D eigenvalue weighted by Gasteiger charge is 2.30. The van der Waals surface area contributed by atoms with E-state index in [0.29, 0.717) is 5.56 Å². The Morgan fingerprint density at radius 3 is 2.35 bits per heavy atom. The third-order valence-corrected chi connectivity index (χ3v) is 2.67. The molecular weight excluding hydrogens is 271 g/mol. The summed E-state index contributed by atoms with van der Waals surface area (Å²) in [6.07, 6.45) is -2.96. The largest absolute Gasteiger partial charge is 0.416 e. The summed E-state index contributed by atoms with van der Waals surface area (Å²) in [4.78, 5) is 15.6. The average molecular weight is 281 g/mol. The van der Waals surface area contributed by atoms with Crippen LogP contribution in [0.4, 0.5) is 13.2 Å². The third-order valence-electron chi connectivity index (χ3n) is 2.67. The summed E-state index contributed by atoms with van der Waals surface area (Å²) in [5.41, 5.74) is 2.06. The Morgan fingerprint density at radius 1 is 1.15 bits per heavy atom. The maximum Gasteiger partial charge on any atom is 0.416 e. The Balaban J connectivity index is 2.45. The van der Waals surface area contributed by atoms with Crippen molar-refractivity contribution in [1.29, 1.82) is 0 Å². The fraction of sp³-hybridized carbons (Fsp3) is 0.0769. The van der Waals surface area contributed by atoms with E-state index in [-0.39, 0.29) is 11.3 Å². The van der Waals surface area contributed by atoms with Gasteiger partial charge in [0.15, 0.2) is 0 Å². The highest BCUT2D eigenvalue weighted by molar-refractivity contribution is 5.99. The lowest BCUT2D eigenvalue weighted by Crippen LogP contribution is -2.30. The van der Waals surface area contributed by atoms with Gasteiger partial charge in [-0.05, 0) is 24.3 Å². The Morgan fingerprint density at radius 2 is 1.80 bits per heavy atom. The summed E-state index contributed by atoms with van der Waals surface area (Å²) in [7, 11) is 0. The highest BCUT2D eigenvalue weighted by atomic mass is 19.4. The van der Waals surface area contributed by atoms with Crippen LogP contribution in [0.2, 0.25) is 0 Å². The van der Waals surface area contributed by atoms with Crippen molar-refractivity contribution in [1.82, 2.24) is 10.4 Å². The van der Waals surface area contributed by atoms with Crippen molar-refractivity contribution in [2.75, 3.05) is 0 Å². The Bertz CT molecular complexity index is 624. The van der Waals surface area contributed by atoms with E-state index in [1.807, 2.05) is 5.43 Å². The normalized spacial score (nSPS) is 11.2. The predicted molar refractivity (Wildman–Crippen MR) is 66.3 cm³/mol. The molecule has 1 aromatic heterocycles. The van der Waals surface area contributed by atoms with Crippen molar-refractivity contribution in [2.24, 2.45) is 5.84 Å². The number of alkyl halides is 3. The van der Waals surface area contributed by atoms with Crippen molar-refractivity contribution in [3.05, 3.63) is 53.7 Å². The smallest absolute Gasteiger partial charge is 0.290 e. The number of pyridine rings is 1. The molecule has 2 rings (SSSR count). The van der Waals surface area contributed by atoms with Crippen molar-refractivity contribution in [2.45, 2.75) is 6.18 Å². The van der Waals surface area contributed by atoms with E-state index in [1.54, 1.807) is 0 Å². The number of hydrogen-bond donors (Lipinski definition) is 2. The number of aromatic nitrogens is 1. The first-order chi connectivity index (χ1) is 9.43. The summed E-state index contributed by atoms with van der Waals surface area (Å²) >= 11 is 0. The van der Waals surface area contributed by atoms with Gasteiger partial charge in [0.25, 0.3) is 5.91 Å². The molecule has 20 heavy (non-hydrogen) atoms. The lowest BCUT2D eigenvalue weighted by molar-refractivity contribution is -0.137. The van der Waals surface area contributed by atoms with Crippen molar-refractivity contribution in [3.63, 3.8) is 0 Å². The average Bonchev–Trinajstić information content (AvgIpc) is 2.45. The van der Waals surface area contributed by atoms with E-state index < -0.39 is 17.6 Å². The molecule has 1 heterocycles. The molecule has 0 saturated heterocycles. The molecule has 1 amide bonds. The number of hydrazine groups is 1. The van der Waals surface area contributed by atoms with Crippen molar-refractivity contribution >= 4 is 5.91 Å². The fourth-order valence-corrected chi connectivity index (χ4v) is 1.71. The van der Waals surface area contributed by atoms with Crippen LogP contribution in [0.3, 0.4) is 0 Å². The number of nitrogen functional groups attached to an aromatic ring is 1. The molecule has 0 saturated carbocycles. The Hall–Kier alpha value is -2.41. The van der Waals surface area contributed by atoms with E-state index in [1.165, 1.54) is 30.5 Å². The van der Waals surface area contributed by atoms with Crippen LogP contribution in [0.25, 0.3) is 11.3 Å². The van der Waals surface area contributed by atoms with Gasteiger partial charge in [-0.25, -0.2) is 5.84 Å². The lowest BCUT2D eigenvalue weighted by Gasteiger charge is -2.09. The van der Waals surface area contributed by atoms with Crippen molar-refractivity contribution < 1.29 is 18.0 Å². The quantitative estimate of drug-likeness (QED) is 0.504. The molecule has 104 valence electrons. The maximum absolute atomic E-state index is 12.5. The van der Waals surface area contributed by atoms with Gasteiger partial charge in [-0.15, -0.1) is 0 Å². The number of rotatable bonds is 2. The number of benzene rings is 1. The molecule has 2 aromatic rings. The zero-order valence-electron chi connectivity index (χ0n) is 10.1. The Labute approximate surface area is 112 Å². The third kappa shape index (κ3) is 2.77. The topological polar surface area (TPSA) is 68.0 Å². The second kappa shape index (κ2) is 5.30. The number of halogens is 3. The van der Waals surface area contributed by atoms with Crippen LogP contribution in [-0.2, 0) is 6.18 Å². The van der Waals surface area contributed by atoms with E-state index in [2.05, 4.69) is 4.98 Å². The van der Waals surface area contributed by atoms with E-state index in [0.717, 1.165) is 12.1 Å². The first-order valence-electron chi connectivity index (χ1n) is 5.57. The van der Waals surface area contributed by atoms with E-state index in [9.17, 15) is 18.0 Å². The summed E-state index contributed by atoms with van der Waals surface area (Å²) < 4.78 is 37.5. The van der Waals surface area contributed by atoms with Crippen LogP contribution < -0.4 is 11.3 Å². The minimum Gasteiger partial charge on any atom is -0.290 e. The van der Waals surface area contributed by atoms with E-state index >= 15 is 0 Å². The van der Waals surface area contributed by atoms with Gasteiger partial charge >= 0.3 is 6.18 Å². The standard InChI is InChI=1S/C13H10F3N3O/c14-13(15,16)9-5-3-8(4-6-9)11-10(12(20)19-17)2-1-7-18-11/h1-7H,17H2,(H,19,20). The predicted octanol–water partition coefficient (Wildman–Crippen LogP) is 2.37. The molecule has 0 radical (unpaired) electrons. The number of amides is 1. The second-order valence-corrected chi connectivity index (χ2v) is 3.95. The molecule has 0 atom stereocenters. The van der Waals surface area contributed by atoms with Crippen LogP contribution in [-0.4, -0.2) is 10.9 Å². The molecular formula is C13H10F3N3O. The van der Waals surface area contributed by atoms with E-state index in [4.69, 9.17) is 5.84 Å². The van der Waals surface area contributed by atoms with Crippen LogP contribution in [0.1, 0.15) is 15.9 Å². The maximum atomic E-state index is 12.5. The number of carbonyl (C=O) groups is 1. The van der Waals surface area contributed by atoms with Gasteiger partial charge in [0.1, 0.15) is 0 Å². The van der Waals surface area contributed by atoms with Crippen LogP contribution in [0, 0.1) is 0 Å². The number of hydrogen-bond acceptors (Lipinski definition) is 3. The Kier molecular flexibility index (Phi) is 3.71. The molecule has 4 nitrogen and oxygen atoms in total. The SMILES string of the molecule is NNC(=O)c1cccnc1-c1ccc(C(F)(F)F)cc1. The first kappa shape index (κ1) is 14.0. The van der Waals surface area contributed by atoms with Crippen molar-refractivity contribution in [3.8, 4) is 11.3 Å². The highest BCUT2D eigenvalue weighted by Crippen LogP contribution is 2.31. The summed E-state index contributed by atoms with van der Waals surface area (Å²) in [5.74, 6) is 4.49.